The number of carbonyl (C=O) groups is 2. The summed E-state index contributed by atoms with van der Waals surface area (Å²) < 4.78 is 10.6. The molecule has 1 unspecified atom stereocenters. The second kappa shape index (κ2) is 11.1. The maximum Gasteiger partial charge on any atom is 0.306 e. The van der Waals surface area contributed by atoms with Crippen LogP contribution in [0.15, 0.2) is 24.3 Å². The molecule has 0 bridgehead atoms. The minimum atomic E-state index is -0.322. The Bertz CT molecular complexity index is 528. The number of esters is 2. The lowest BCUT2D eigenvalue weighted by atomic mass is 10.0. The fraction of sp³-hybridized carbons (Fsp3) is 0.579. The maximum absolute atomic E-state index is 11.8. The third-order valence-electron chi connectivity index (χ3n) is 3.65. The Balaban J connectivity index is 2.23. The third-order valence-corrected chi connectivity index (χ3v) is 3.89. The van der Waals surface area contributed by atoms with E-state index in [0.717, 1.165) is 18.4 Å². The van der Waals surface area contributed by atoms with Crippen molar-refractivity contribution in [3.8, 4) is 0 Å². The van der Waals surface area contributed by atoms with Gasteiger partial charge in [0.25, 0.3) is 0 Å². The largest absolute Gasteiger partial charge is 0.462 e. The van der Waals surface area contributed by atoms with E-state index in [1.54, 1.807) is 12.1 Å². The molecular weight excluding hydrogens is 328 g/mol. The van der Waals surface area contributed by atoms with E-state index in [0.29, 0.717) is 17.4 Å². The quantitative estimate of drug-likeness (QED) is 0.559. The molecule has 0 fully saturated rings. The Kier molecular flexibility index (Phi) is 9.46. The molecule has 1 atom stereocenters. The first-order chi connectivity index (χ1) is 11.4. The molecule has 0 aliphatic carbocycles. The van der Waals surface area contributed by atoms with E-state index in [1.165, 1.54) is 0 Å². The summed E-state index contributed by atoms with van der Waals surface area (Å²) in [5, 5.41) is 0.609. The number of ether oxygens (including phenoxy) is 2. The van der Waals surface area contributed by atoms with E-state index in [2.05, 4.69) is 6.92 Å². The fourth-order valence-corrected chi connectivity index (χ4v) is 2.49. The zero-order valence-corrected chi connectivity index (χ0v) is 15.5. The molecule has 0 aliphatic heterocycles. The SMILES string of the molecule is CCCC(OC(=O)CCCC(=O)OCc1cccc(Cl)c1)C(C)C. The molecule has 0 amide bonds. The first-order valence-corrected chi connectivity index (χ1v) is 8.89. The molecule has 1 aromatic carbocycles. The minimum Gasteiger partial charge on any atom is -0.462 e. The highest BCUT2D eigenvalue weighted by Gasteiger charge is 2.17. The van der Waals surface area contributed by atoms with Gasteiger partial charge in [0.05, 0.1) is 0 Å². The second-order valence-electron chi connectivity index (χ2n) is 6.21. The van der Waals surface area contributed by atoms with Gasteiger partial charge in [0, 0.05) is 17.9 Å². The zero-order valence-electron chi connectivity index (χ0n) is 14.7. The molecule has 0 radical (unpaired) electrons. The van der Waals surface area contributed by atoms with Gasteiger partial charge in [-0.15, -0.1) is 0 Å². The van der Waals surface area contributed by atoms with Gasteiger partial charge in [0.1, 0.15) is 12.7 Å². The molecule has 0 saturated heterocycles. The van der Waals surface area contributed by atoms with Gasteiger partial charge in [-0.25, -0.2) is 0 Å². The number of carbonyl (C=O) groups excluding carboxylic acids is 2. The van der Waals surface area contributed by atoms with E-state index >= 15 is 0 Å². The van der Waals surface area contributed by atoms with Crippen LogP contribution in [-0.4, -0.2) is 18.0 Å². The van der Waals surface area contributed by atoms with Gasteiger partial charge in [-0.2, -0.15) is 0 Å². The molecule has 1 rings (SSSR count). The Morgan fingerprint density at radius 2 is 1.88 bits per heavy atom. The summed E-state index contributed by atoms with van der Waals surface area (Å²) in [6, 6.07) is 7.17. The Morgan fingerprint density at radius 1 is 1.17 bits per heavy atom. The molecule has 0 aromatic heterocycles. The number of halogens is 1. The van der Waals surface area contributed by atoms with Crippen LogP contribution in [0.25, 0.3) is 0 Å². The normalized spacial score (nSPS) is 12.0. The van der Waals surface area contributed by atoms with Gasteiger partial charge in [0.15, 0.2) is 0 Å². The third kappa shape index (κ3) is 8.34. The molecule has 0 N–H and O–H groups in total. The lowest BCUT2D eigenvalue weighted by molar-refractivity contribution is -0.152. The van der Waals surface area contributed by atoms with Crippen LogP contribution in [0.5, 0.6) is 0 Å². The number of benzene rings is 1. The van der Waals surface area contributed by atoms with Gasteiger partial charge in [-0.05, 0) is 36.5 Å². The van der Waals surface area contributed by atoms with Crippen molar-refractivity contribution >= 4 is 23.5 Å². The van der Waals surface area contributed by atoms with Gasteiger partial charge < -0.3 is 9.47 Å². The molecule has 0 aliphatic rings. The molecule has 24 heavy (non-hydrogen) atoms. The lowest BCUT2D eigenvalue weighted by Crippen LogP contribution is -2.23. The summed E-state index contributed by atoms with van der Waals surface area (Å²) in [5.74, 6) is -0.266. The summed E-state index contributed by atoms with van der Waals surface area (Å²) in [7, 11) is 0. The van der Waals surface area contributed by atoms with E-state index < -0.39 is 0 Å². The van der Waals surface area contributed by atoms with Crippen molar-refractivity contribution in [1.29, 1.82) is 0 Å². The molecule has 134 valence electrons. The topological polar surface area (TPSA) is 52.6 Å². The van der Waals surface area contributed by atoms with Crippen molar-refractivity contribution in [3.63, 3.8) is 0 Å². The number of hydrogen-bond donors (Lipinski definition) is 0. The van der Waals surface area contributed by atoms with Gasteiger partial charge in [-0.3, -0.25) is 9.59 Å². The average molecular weight is 355 g/mol. The molecule has 4 nitrogen and oxygen atoms in total. The Hall–Kier alpha value is -1.55. The van der Waals surface area contributed by atoms with Crippen molar-refractivity contribution in [2.75, 3.05) is 0 Å². The van der Waals surface area contributed by atoms with Gasteiger partial charge in [0.2, 0.25) is 0 Å². The molecule has 1 aromatic rings. The van der Waals surface area contributed by atoms with E-state index in [4.69, 9.17) is 21.1 Å². The van der Waals surface area contributed by atoms with Crippen LogP contribution in [-0.2, 0) is 25.7 Å². The monoisotopic (exact) mass is 354 g/mol. The predicted octanol–water partition coefficient (Wildman–Crippen LogP) is 4.92. The van der Waals surface area contributed by atoms with Crippen molar-refractivity contribution in [1.82, 2.24) is 0 Å². The molecule has 0 saturated carbocycles. The van der Waals surface area contributed by atoms with Crippen molar-refractivity contribution in [2.24, 2.45) is 5.92 Å². The summed E-state index contributed by atoms with van der Waals surface area (Å²) >= 11 is 5.87. The zero-order chi connectivity index (χ0) is 17.9. The maximum atomic E-state index is 11.8. The highest BCUT2D eigenvalue weighted by atomic mass is 35.5. The van der Waals surface area contributed by atoms with E-state index in [-0.39, 0.29) is 37.5 Å². The van der Waals surface area contributed by atoms with Crippen LogP contribution in [0.4, 0.5) is 0 Å². The van der Waals surface area contributed by atoms with Gasteiger partial charge >= 0.3 is 11.9 Å². The molecule has 0 spiro atoms. The van der Waals surface area contributed by atoms with Crippen LogP contribution < -0.4 is 0 Å². The summed E-state index contributed by atoms with van der Waals surface area (Å²) in [5.41, 5.74) is 0.842. The molecular formula is C19H27ClO4. The standard InChI is InChI=1S/C19H27ClO4/c1-4-7-17(14(2)3)24-19(22)11-6-10-18(21)23-13-15-8-5-9-16(20)12-15/h5,8-9,12,14,17H,4,6-7,10-11,13H2,1-3H3. The van der Waals surface area contributed by atoms with Crippen molar-refractivity contribution in [2.45, 2.75) is 65.6 Å². The molecule has 0 heterocycles. The van der Waals surface area contributed by atoms with Crippen LogP contribution in [0, 0.1) is 5.92 Å². The van der Waals surface area contributed by atoms with Crippen molar-refractivity contribution in [3.05, 3.63) is 34.9 Å². The summed E-state index contributed by atoms with van der Waals surface area (Å²) in [4.78, 5) is 23.6. The summed E-state index contributed by atoms with van der Waals surface area (Å²) in [6.45, 7) is 6.34. The van der Waals surface area contributed by atoms with Gasteiger partial charge in [-0.1, -0.05) is 50.9 Å². The van der Waals surface area contributed by atoms with Crippen LogP contribution in [0.1, 0.15) is 58.4 Å². The first-order valence-electron chi connectivity index (χ1n) is 8.52. The van der Waals surface area contributed by atoms with E-state index in [1.807, 2.05) is 26.0 Å². The van der Waals surface area contributed by atoms with E-state index in [9.17, 15) is 9.59 Å². The highest BCUT2D eigenvalue weighted by Crippen LogP contribution is 2.15. The highest BCUT2D eigenvalue weighted by molar-refractivity contribution is 6.30. The van der Waals surface area contributed by atoms with Crippen molar-refractivity contribution < 1.29 is 19.1 Å². The van der Waals surface area contributed by atoms with Crippen LogP contribution in [0.2, 0.25) is 5.02 Å². The Labute approximate surface area is 149 Å². The summed E-state index contributed by atoms with van der Waals surface area (Å²) in [6.07, 6.45) is 2.67. The lowest BCUT2D eigenvalue weighted by Gasteiger charge is -2.20. The molecule has 5 heteroatoms. The Morgan fingerprint density at radius 3 is 2.50 bits per heavy atom. The smallest absolute Gasteiger partial charge is 0.306 e. The van der Waals surface area contributed by atoms with Crippen LogP contribution in [0.3, 0.4) is 0 Å². The fourth-order valence-electron chi connectivity index (χ4n) is 2.28. The minimum absolute atomic E-state index is 0.0442. The van der Waals surface area contributed by atoms with Crippen LogP contribution >= 0.6 is 11.6 Å². The number of hydrogen-bond acceptors (Lipinski definition) is 4. The average Bonchev–Trinajstić information content (AvgIpc) is 2.52. The predicted molar refractivity (Wildman–Crippen MR) is 94.7 cm³/mol. The second-order valence-corrected chi connectivity index (χ2v) is 6.64. The number of rotatable bonds is 10. The first kappa shape index (κ1) is 20.5.